The van der Waals surface area contributed by atoms with Gasteiger partial charge in [0.25, 0.3) is 0 Å². The standard InChI is InChI=1S/C14H16N2O2S/c1-9(2)13-15-11-6-4-3-5-10(11)14(16-13)19-8-7-12(17)18/h3-6,9H,7-8H2,1-2H3,(H,17,18). The third-order valence-corrected chi connectivity index (χ3v) is 3.65. The van der Waals surface area contributed by atoms with Crippen LogP contribution in [0.1, 0.15) is 32.0 Å². The van der Waals surface area contributed by atoms with Crippen LogP contribution < -0.4 is 0 Å². The summed E-state index contributed by atoms with van der Waals surface area (Å²) in [6.07, 6.45) is 0.139. The second-order valence-corrected chi connectivity index (χ2v) is 5.63. The van der Waals surface area contributed by atoms with E-state index in [9.17, 15) is 4.79 Å². The van der Waals surface area contributed by atoms with E-state index in [1.165, 1.54) is 11.8 Å². The lowest BCUT2D eigenvalue weighted by Gasteiger charge is -2.09. The number of carbonyl (C=O) groups is 1. The van der Waals surface area contributed by atoms with Crippen molar-refractivity contribution in [2.75, 3.05) is 5.75 Å². The highest BCUT2D eigenvalue weighted by Crippen LogP contribution is 2.27. The highest BCUT2D eigenvalue weighted by atomic mass is 32.2. The molecule has 0 radical (unpaired) electrons. The van der Waals surface area contributed by atoms with Crippen LogP contribution in [0.3, 0.4) is 0 Å². The van der Waals surface area contributed by atoms with Crippen LogP contribution in [0.5, 0.6) is 0 Å². The Kier molecular flexibility index (Phi) is 4.37. The lowest BCUT2D eigenvalue weighted by Crippen LogP contribution is -2.01. The van der Waals surface area contributed by atoms with Crippen molar-refractivity contribution in [3.8, 4) is 0 Å². The van der Waals surface area contributed by atoms with Gasteiger partial charge in [-0.3, -0.25) is 4.79 Å². The van der Waals surface area contributed by atoms with Crippen molar-refractivity contribution >= 4 is 28.6 Å². The number of fused-ring (bicyclic) bond motifs is 1. The van der Waals surface area contributed by atoms with Crippen molar-refractivity contribution in [2.45, 2.75) is 31.2 Å². The minimum Gasteiger partial charge on any atom is -0.481 e. The SMILES string of the molecule is CC(C)c1nc(SCCC(=O)O)c2ccccc2n1. The van der Waals surface area contributed by atoms with Crippen LogP contribution >= 0.6 is 11.8 Å². The van der Waals surface area contributed by atoms with Gasteiger partial charge in [-0.05, 0) is 6.07 Å². The average molecular weight is 276 g/mol. The van der Waals surface area contributed by atoms with E-state index in [-0.39, 0.29) is 12.3 Å². The molecule has 0 aliphatic heterocycles. The average Bonchev–Trinajstić information content (AvgIpc) is 2.38. The third-order valence-electron chi connectivity index (χ3n) is 2.66. The van der Waals surface area contributed by atoms with Gasteiger partial charge >= 0.3 is 5.97 Å². The van der Waals surface area contributed by atoms with Crippen LogP contribution in [0.15, 0.2) is 29.3 Å². The number of para-hydroxylation sites is 1. The number of nitrogens with zero attached hydrogens (tertiary/aromatic N) is 2. The Bertz CT molecular complexity index is 599. The highest BCUT2D eigenvalue weighted by molar-refractivity contribution is 7.99. The Morgan fingerprint density at radius 2 is 2.05 bits per heavy atom. The number of thioether (sulfide) groups is 1. The maximum Gasteiger partial charge on any atom is 0.304 e. The molecule has 0 amide bonds. The first kappa shape index (κ1) is 13.8. The zero-order valence-corrected chi connectivity index (χ0v) is 11.8. The smallest absolute Gasteiger partial charge is 0.304 e. The normalized spacial score (nSPS) is 11.1. The molecule has 2 aromatic rings. The van der Waals surface area contributed by atoms with Crippen molar-refractivity contribution in [1.82, 2.24) is 9.97 Å². The quantitative estimate of drug-likeness (QED) is 0.670. The predicted octanol–water partition coefficient (Wildman–Crippen LogP) is 3.32. The lowest BCUT2D eigenvalue weighted by atomic mass is 10.2. The van der Waals surface area contributed by atoms with E-state index in [0.29, 0.717) is 5.75 Å². The first-order valence-electron chi connectivity index (χ1n) is 6.19. The number of aromatic nitrogens is 2. The Hall–Kier alpha value is -1.62. The maximum absolute atomic E-state index is 10.6. The Balaban J connectivity index is 2.36. The van der Waals surface area contributed by atoms with E-state index < -0.39 is 5.97 Å². The van der Waals surface area contributed by atoms with Gasteiger partial charge < -0.3 is 5.11 Å². The Morgan fingerprint density at radius 1 is 1.32 bits per heavy atom. The number of carboxylic acid groups (broad SMARTS) is 1. The zero-order valence-electron chi connectivity index (χ0n) is 11.0. The molecule has 19 heavy (non-hydrogen) atoms. The minimum absolute atomic E-state index is 0.139. The fraction of sp³-hybridized carbons (Fsp3) is 0.357. The molecule has 1 heterocycles. The zero-order chi connectivity index (χ0) is 13.8. The summed E-state index contributed by atoms with van der Waals surface area (Å²) in [4.78, 5) is 19.7. The largest absolute Gasteiger partial charge is 0.481 e. The number of rotatable bonds is 5. The molecule has 0 saturated heterocycles. The van der Waals surface area contributed by atoms with Gasteiger partial charge in [0.2, 0.25) is 0 Å². The van der Waals surface area contributed by atoms with Gasteiger partial charge in [0.05, 0.1) is 11.9 Å². The molecular formula is C14H16N2O2S. The fourth-order valence-electron chi connectivity index (χ4n) is 1.67. The molecule has 5 heteroatoms. The van der Waals surface area contributed by atoms with Gasteiger partial charge in [0, 0.05) is 17.1 Å². The topological polar surface area (TPSA) is 63.1 Å². The molecule has 100 valence electrons. The molecular weight excluding hydrogens is 260 g/mol. The van der Waals surface area contributed by atoms with Gasteiger partial charge in [0.15, 0.2) is 0 Å². The molecule has 0 aliphatic carbocycles. The van der Waals surface area contributed by atoms with Crippen molar-refractivity contribution < 1.29 is 9.90 Å². The summed E-state index contributed by atoms with van der Waals surface area (Å²) in [7, 11) is 0. The monoisotopic (exact) mass is 276 g/mol. The van der Waals surface area contributed by atoms with E-state index in [4.69, 9.17) is 5.11 Å². The molecule has 0 unspecified atom stereocenters. The molecule has 1 aromatic heterocycles. The van der Waals surface area contributed by atoms with Gasteiger partial charge in [-0.25, -0.2) is 9.97 Å². The molecule has 4 nitrogen and oxygen atoms in total. The molecule has 1 aromatic carbocycles. The summed E-state index contributed by atoms with van der Waals surface area (Å²) in [5, 5.41) is 10.6. The third kappa shape index (κ3) is 3.44. The van der Waals surface area contributed by atoms with E-state index in [2.05, 4.69) is 23.8 Å². The Morgan fingerprint density at radius 3 is 2.74 bits per heavy atom. The number of aliphatic carboxylic acids is 1. The molecule has 0 atom stereocenters. The lowest BCUT2D eigenvalue weighted by molar-refractivity contribution is -0.136. The summed E-state index contributed by atoms with van der Waals surface area (Å²) in [6.45, 7) is 4.10. The van der Waals surface area contributed by atoms with Crippen molar-refractivity contribution in [1.29, 1.82) is 0 Å². The fourth-order valence-corrected chi connectivity index (χ4v) is 2.62. The summed E-state index contributed by atoms with van der Waals surface area (Å²) < 4.78 is 0. The van der Waals surface area contributed by atoms with Crippen LogP contribution in [0.2, 0.25) is 0 Å². The number of hydrogen-bond acceptors (Lipinski definition) is 4. The van der Waals surface area contributed by atoms with Crippen LogP contribution in [-0.4, -0.2) is 26.8 Å². The number of hydrogen-bond donors (Lipinski definition) is 1. The maximum atomic E-state index is 10.6. The molecule has 0 aliphatic rings. The highest BCUT2D eigenvalue weighted by Gasteiger charge is 2.10. The summed E-state index contributed by atoms with van der Waals surface area (Å²) in [6, 6.07) is 7.83. The van der Waals surface area contributed by atoms with Crippen LogP contribution in [-0.2, 0) is 4.79 Å². The predicted molar refractivity (Wildman–Crippen MR) is 76.6 cm³/mol. The van der Waals surface area contributed by atoms with Gasteiger partial charge in [0.1, 0.15) is 10.9 Å². The molecule has 0 fully saturated rings. The molecule has 0 spiro atoms. The van der Waals surface area contributed by atoms with Gasteiger partial charge in [-0.2, -0.15) is 0 Å². The number of benzene rings is 1. The van der Waals surface area contributed by atoms with E-state index >= 15 is 0 Å². The first-order chi connectivity index (χ1) is 9.08. The molecule has 0 bridgehead atoms. The van der Waals surface area contributed by atoms with Gasteiger partial charge in [-0.1, -0.05) is 32.0 Å². The molecule has 1 N–H and O–H groups in total. The summed E-state index contributed by atoms with van der Waals surface area (Å²) in [5.41, 5.74) is 0.916. The van der Waals surface area contributed by atoms with Crippen LogP contribution in [0.4, 0.5) is 0 Å². The minimum atomic E-state index is -0.782. The van der Waals surface area contributed by atoms with Crippen molar-refractivity contribution in [3.63, 3.8) is 0 Å². The van der Waals surface area contributed by atoms with Crippen LogP contribution in [0, 0.1) is 0 Å². The van der Waals surface area contributed by atoms with E-state index in [0.717, 1.165) is 21.8 Å². The molecule has 2 rings (SSSR count). The summed E-state index contributed by atoms with van der Waals surface area (Å²) in [5.74, 6) is 0.795. The summed E-state index contributed by atoms with van der Waals surface area (Å²) >= 11 is 1.48. The van der Waals surface area contributed by atoms with E-state index in [1.807, 2.05) is 24.3 Å². The Labute approximate surface area is 116 Å². The number of carboxylic acids is 1. The second-order valence-electron chi connectivity index (χ2n) is 4.55. The van der Waals surface area contributed by atoms with E-state index in [1.54, 1.807) is 0 Å². The van der Waals surface area contributed by atoms with Crippen LogP contribution in [0.25, 0.3) is 10.9 Å². The van der Waals surface area contributed by atoms with Crippen molar-refractivity contribution in [2.24, 2.45) is 0 Å². The second kappa shape index (κ2) is 6.02. The first-order valence-corrected chi connectivity index (χ1v) is 7.17. The van der Waals surface area contributed by atoms with Crippen molar-refractivity contribution in [3.05, 3.63) is 30.1 Å². The van der Waals surface area contributed by atoms with Gasteiger partial charge in [-0.15, -0.1) is 11.8 Å². The molecule has 0 saturated carbocycles.